The largest absolute Gasteiger partial charge is 0.577 e. The van der Waals surface area contributed by atoms with Crippen molar-refractivity contribution in [1.82, 2.24) is 0 Å². The molecule has 10 aromatic rings. The topological polar surface area (TPSA) is 72.5 Å². The van der Waals surface area contributed by atoms with Gasteiger partial charge in [-0.25, -0.2) is 0 Å². The van der Waals surface area contributed by atoms with E-state index >= 15 is 0 Å². The number of benzene rings is 10. The van der Waals surface area contributed by atoms with Gasteiger partial charge in [-0.05, 0) is 190 Å². The van der Waals surface area contributed by atoms with Crippen LogP contribution in [0.5, 0.6) is 23.0 Å². The summed E-state index contributed by atoms with van der Waals surface area (Å²) in [4.78, 5) is 4.49. The van der Waals surface area contributed by atoms with Crippen LogP contribution >= 0.6 is 0 Å². The molecule has 0 spiro atoms. The number of fused-ring (bicyclic) bond motifs is 4. The van der Waals surface area contributed by atoms with Crippen molar-refractivity contribution in [3.63, 3.8) is 0 Å². The molecular weight excluding hydrogens is 1200 g/mol. The zero-order valence-electron chi connectivity index (χ0n) is 56.7. The van der Waals surface area contributed by atoms with E-state index in [0.29, 0.717) is 6.42 Å². The normalized spacial score (nSPS) is 13.4. The van der Waals surface area contributed by atoms with Crippen molar-refractivity contribution >= 4 is 34.1 Å². The number of nitrogens with zero attached hydrogens (tertiary/aromatic N) is 2. The predicted octanol–water partition coefficient (Wildman–Crippen LogP) is 23.0. The van der Waals surface area contributed by atoms with Crippen LogP contribution < -0.4 is 9.80 Å². The molecule has 0 saturated heterocycles. The molecule has 0 fully saturated rings. The molecule has 0 aliphatic carbocycles. The molecule has 6 nitrogen and oxygen atoms in total. The van der Waals surface area contributed by atoms with Gasteiger partial charge in [-0.2, -0.15) is 0 Å². The molecule has 2 heterocycles. The first-order valence-electron chi connectivity index (χ1n) is 31.9. The molecule has 0 unspecified atom stereocenters. The Morgan fingerprint density at radius 1 is 0.370 bits per heavy atom. The van der Waals surface area contributed by atoms with Gasteiger partial charge in [0.25, 0.3) is 11.5 Å². The Labute approximate surface area is 569 Å². The third-order valence-electron chi connectivity index (χ3n) is 20.1. The van der Waals surface area contributed by atoms with Crippen molar-refractivity contribution in [1.29, 1.82) is 0 Å². The summed E-state index contributed by atoms with van der Waals surface area (Å²) in [6, 6.07) is 77.5. The van der Waals surface area contributed by atoms with E-state index in [9.17, 15) is 10.2 Å². The second-order valence-corrected chi connectivity index (χ2v) is 28.6. The predicted molar refractivity (Wildman–Crippen MR) is 385 cm³/mol. The minimum atomic E-state index is -0.387. The van der Waals surface area contributed by atoms with E-state index in [1.54, 1.807) is 0 Å². The fourth-order valence-electron chi connectivity index (χ4n) is 13.0. The van der Waals surface area contributed by atoms with E-state index in [4.69, 9.17) is 9.47 Å². The van der Waals surface area contributed by atoms with E-state index in [0.717, 1.165) is 116 Å². The van der Waals surface area contributed by atoms with Gasteiger partial charge in [0.2, 0.25) is 12.2 Å². The Kier molecular flexibility index (Phi) is 20.2. The number of ether oxygens (including phenoxy) is 2. The Morgan fingerprint density at radius 3 is 0.989 bits per heavy atom. The molecule has 0 saturated carbocycles. The summed E-state index contributed by atoms with van der Waals surface area (Å²) in [5.41, 5.74) is 20.3. The number of rotatable bonds is 16. The van der Waals surface area contributed by atoms with Crippen LogP contribution in [0.4, 0.5) is 34.1 Å². The van der Waals surface area contributed by atoms with Crippen molar-refractivity contribution in [3.8, 4) is 45.3 Å². The first kappa shape index (κ1) is 68.3. The SMILES string of the molecule is Cc1cc(-c2cc(CC(C)(C)C(C)(C)C)ccc2[OH+][C@@H](C[C@@H]([OH+]c2ccc(CC(C)(C)C(C)(C)C)cc2-c2cc(C)cc(N3c4ccccc4Cc4ccccc43)c2O)c2ccccc2)c2ccccc2)c(O)c(N2c3ccccc3Cc3ccccc32)c1.[CH3-].[CH3-].[Zr]. The van der Waals surface area contributed by atoms with Crippen molar-refractivity contribution in [2.24, 2.45) is 21.7 Å². The molecule has 12 rings (SSSR count). The van der Waals surface area contributed by atoms with Gasteiger partial charge < -0.3 is 44.3 Å². The summed E-state index contributed by atoms with van der Waals surface area (Å²) in [5, 5.41) is 26.4. The maximum absolute atomic E-state index is 13.2. The molecule has 92 heavy (non-hydrogen) atoms. The number of aromatic hydroxyl groups is 4. The maximum Gasteiger partial charge on any atom is 0.263 e. The van der Waals surface area contributed by atoms with Crippen LogP contribution in [-0.4, -0.2) is 19.7 Å². The third-order valence-corrected chi connectivity index (χ3v) is 20.1. The van der Waals surface area contributed by atoms with Gasteiger partial charge in [0.05, 0.1) is 22.5 Å². The fourth-order valence-corrected chi connectivity index (χ4v) is 13.0. The zero-order chi connectivity index (χ0) is 62.6. The van der Waals surface area contributed by atoms with Gasteiger partial charge in [0.15, 0.2) is 0 Å². The van der Waals surface area contributed by atoms with Crippen LogP contribution in [0.3, 0.4) is 0 Å². The van der Waals surface area contributed by atoms with Crippen LogP contribution in [0.1, 0.15) is 144 Å². The van der Waals surface area contributed by atoms with Crippen molar-refractivity contribution in [2.45, 2.75) is 127 Å². The van der Waals surface area contributed by atoms with E-state index in [1.807, 2.05) is 0 Å². The molecule has 10 aromatic carbocycles. The number of hydrogen-bond acceptors (Lipinski definition) is 4. The van der Waals surface area contributed by atoms with Gasteiger partial charge >= 0.3 is 0 Å². The number of hydrogen-bond donors (Lipinski definition) is 2. The summed E-state index contributed by atoms with van der Waals surface area (Å²) < 4.78 is 11.9. The Bertz CT molecular complexity index is 3870. The molecule has 2 atom stereocenters. The van der Waals surface area contributed by atoms with E-state index in [2.05, 4.69) is 311 Å². The second-order valence-electron chi connectivity index (χ2n) is 28.6. The number of phenolic OH excluding ortho intramolecular Hbond substituents is 2. The molecule has 2 aliphatic rings. The van der Waals surface area contributed by atoms with Gasteiger partial charge in [-0.1, -0.05) is 178 Å². The van der Waals surface area contributed by atoms with Crippen molar-refractivity contribution in [2.75, 3.05) is 9.80 Å². The monoisotopic (exact) mass is 1300 g/mol. The third kappa shape index (κ3) is 13.7. The van der Waals surface area contributed by atoms with Crippen LogP contribution in [0.25, 0.3) is 22.3 Å². The Hall–Kier alpha value is -8.12. The Morgan fingerprint density at radius 2 is 0.674 bits per heavy atom. The molecule has 0 amide bonds. The smallest absolute Gasteiger partial charge is 0.263 e. The summed E-state index contributed by atoms with van der Waals surface area (Å²) in [5.74, 6) is 1.99. The molecule has 2 aliphatic heterocycles. The molecular formula is C85H94N2O4Zr. The quantitative estimate of drug-likeness (QED) is 0.0747. The number of anilines is 6. The average molecular weight is 1300 g/mol. The first-order chi connectivity index (χ1) is 42.5. The Balaban J connectivity index is 0.00000333. The van der Waals surface area contributed by atoms with Crippen molar-refractivity contribution in [3.05, 3.63) is 289 Å². The summed E-state index contributed by atoms with van der Waals surface area (Å²) in [6.07, 6.45) is 3.04. The summed E-state index contributed by atoms with van der Waals surface area (Å²) in [7, 11) is 0. The van der Waals surface area contributed by atoms with Crippen LogP contribution in [0.2, 0.25) is 0 Å². The number of aryl methyl sites for hydroxylation is 2. The molecule has 472 valence electrons. The van der Waals surface area contributed by atoms with E-state index in [1.165, 1.54) is 33.4 Å². The van der Waals surface area contributed by atoms with E-state index < -0.39 is 0 Å². The molecule has 4 N–H and O–H groups in total. The second kappa shape index (κ2) is 27.2. The molecule has 0 aromatic heterocycles. The van der Waals surface area contributed by atoms with Crippen molar-refractivity contribution < 1.29 is 45.9 Å². The van der Waals surface area contributed by atoms with Crippen LogP contribution in [0, 0.1) is 50.4 Å². The molecule has 0 radical (unpaired) electrons. The van der Waals surface area contributed by atoms with Gasteiger partial charge in [-0.15, -0.1) is 0 Å². The van der Waals surface area contributed by atoms with Gasteiger partial charge in [-0.3, -0.25) is 0 Å². The number of para-hydroxylation sites is 4. The van der Waals surface area contributed by atoms with Gasteiger partial charge in [0.1, 0.15) is 17.9 Å². The standard InChI is InChI=1S/C83H86N2O4.2CH3.Zr/c1-54-43-66(78(86)72(45-54)84-68-35-23-19-31-60(68)49-61-32-20-24-36-69(61)84)64-47-56(52-82(9,10)80(3,4)5)39-41-74(64)88-76(58-27-15-13-16-28-58)51-77(59-29-17-14-18-30-59)89-75-42-40-57(53-83(11,12)81(6,7)8)48-65(75)67-44-55(2)46-73(79(67)87)85-70-37-25-21-33-62(70)50-63-34-22-26-38-71(63)85;;;/h13-48,76-77,86-87H,49-53H2,1-12H3;2*1H3;/q;2*-1;/p+2/t76-,77+;;;. The fraction of sp³-hybridized carbons (Fsp3) is 0.271. The minimum absolute atomic E-state index is 0. The maximum atomic E-state index is 13.2. The summed E-state index contributed by atoms with van der Waals surface area (Å²) >= 11 is 0. The van der Waals surface area contributed by atoms with Crippen LogP contribution in [0.15, 0.2) is 218 Å². The zero-order valence-corrected chi connectivity index (χ0v) is 59.1. The minimum Gasteiger partial charge on any atom is -0.577 e. The summed E-state index contributed by atoms with van der Waals surface area (Å²) in [6.45, 7) is 27.6. The van der Waals surface area contributed by atoms with Gasteiger partial charge in [0, 0.05) is 96.2 Å². The number of aliphatic hydroxyl groups is 2. The average Bonchev–Trinajstić information content (AvgIpc) is 0.755. The first-order valence-corrected chi connectivity index (χ1v) is 31.9. The van der Waals surface area contributed by atoms with E-state index in [-0.39, 0.29) is 86.4 Å². The molecule has 0 bridgehead atoms. The van der Waals surface area contributed by atoms with Crippen LogP contribution in [-0.2, 0) is 51.9 Å². The number of phenols is 2. The molecule has 7 heteroatoms.